The van der Waals surface area contributed by atoms with Crippen molar-refractivity contribution in [1.29, 1.82) is 0 Å². The summed E-state index contributed by atoms with van der Waals surface area (Å²) in [6.07, 6.45) is -3.42. The van der Waals surface area contributed by atoms with Gasteiger partial charge in [0, 0.05) is 12.2 Å². The number of nitrogens with zero attached hydrogens (tertiary/aromatic N) is 4. The summed E-state index contributed by atoms with van der Waals surface area (Å²) in [5.41, 5.74) is 1.15. The standard InChI is InChI=1S/C13H16F3N5/c1-7(2)21-9(4)11(8(3)20-21)19-12-17-6-5-10(18-12)13(14,15)16/h5-7H,1-4H3,(H,17,18,19). The molecule has 0 aliphatic rings. The van der Waals surface area contributed by atoms with E-state index in [1.807, 2.05) is 20.8 Å². The predicted octanol–water partition coefficient (Wildman–Crippen LogP) is 3.63. The van der Waals surface area contributed by atoms with Crippen molar-refractivity contribution in [3.05, 3.63) is 29.3 Å². The molecule has 0 fully saturated rings. The summed E-state index contributed by atoms with van der Waals surface area (Å²) in [5.74, 6) is -0.0978. The van der Waals surface area contributed by atoms with Gasteiger partial charge in [-0.1, -0.05) is 0 Å². The molecule has 114 valence electrons. The van der Waals surface area contributed by atoms with Gasteiger partial charge in [-0.05, 0) is 33.8 Å². The molecule has 5 nitrogen and oxygen atoms in total. The summed E-state index contributed by atoms with van der Waals surface area (Å²) in [4.78, 5) is 7.32. The Morgan fingerprint density at radius 3 is 2.43 bits per heavy atom. The fraction of sp³-hybridized carbons (Fsp3) is 0.462. The maximum atomic E-state index is 12.6. The molecule has 2 rings (SSSR count). The van der Waals surface area contributed by atoms with Gasteiger partial charge in [-0.3, -0.25) is 4.68 Å². The van der Waals surface area contributed by atoms with Crippen LogP contribution in [-0.4, -0.2) is 19.7 Å². The van der Waals surface area contributed by atoms with Gasteiger partial charge in [0.1, 0.15) is 5.69 Å². The number of nitrogens with one attached hydrogen (secondary N) is 1. The van der Waals surface area contributed by atoms with Gasteiger partial charge in [-0.25, -0.2) is 9.97 Å². The summed E-state index contributed by atoms with van der Waals surface area (Å²) in [7, 11) is 0. The number of halogens is 3. The molecule has 21 heavy (non-hydrogen) atoms. The Morgan fingerprint density at radius 2 is 1.90 bits per heavy atom. The molecule has 1 N–H and O–H groups in total. The topological polar surface area (TPSA) is 55.6 Å². The van der Waals surface area contributed by atoms with E-state index in [-0.39, 0.29) is 12.0 Å². The van der Waals surface area contributed by atoms with Gasteiger partial charge in [0.05, 0.1) is 17.1 Å². The summed E-state index contributed by atoms with van der Waals surface area (Å²) in [6.45, 7) is 7.58. The van der Waals surface area contributed by atoms with Crippen LogP contribution in [0, 0.1) is 13.8 Å². The Kier molecular flexibility index (Phi) is 3.89. The molecule has 2 heterocycles. The summed E-state index contributed by atoms with van der Waals surface area (Å²) >= 11 is 0. The second-order valence-corrected chi connectivity index (χ2v) is 4.97. The van der Waals surface area contributed by atoms with Crippen molar-refractivity contribution in [3.8, 4) is 0 Å². The Bertz CT molecular complexity index is 646. The zero-order chi connectivity index (χ0) is 15.8. The molecular formula is C13H16F3N5. The van der Waals surface area contributed by atoms with E-state index in [0.717, 1.165) is 18.0 Å². The summed E-state index contributed by atoms with van der Waals surface area (Å²) in [5, 5.41) is 7.18. The molecule has 8 heteroatoms. The highest BCUT2D eigenvalue weighted by atomic mass is 19.4. The number of hydrogen-bond acceptors (Lipinski definition) is 4. The van der Waals surface area contributed by atoms with E-state index < -0.39 is 11.9 Å². The number of aryl methyl sites for hydroxylation is 1. The fourth-order valence-corrected chi connectivity index (χ4v) is 2.04. The SMILES string of the molecule is Cc1nn(C(C)C)c(C)c1Nc1nccc(C(F)(F)F)n1. The molecule has 0 spiro atoms. The molecule has 0 aromatic carbocycles. The van der Waals surface area contributed by atoms with Crippen LogP contribution in [-0.2, 0) is 6.18 Å². The first-order valence-corrected chi connectivity index (χ1v) is 6.43. The van der Waals surface area contributed by atoms with Crippen LogP contribution in [0.1, 0.15) is 37.0 Å². The van der Waals surface area contributed by atoms with Crippen molar-refractivity contribution in [3.63, 3.8) is 0 Å². The monoisotopic (exact) mass is 299 g/mol. The van der Waals surface area contributed by atoms with Crippen LogP contribution in [0.4, 0.5) is 24.8 Å². The molecule has 2 aromatic heterocycles. The fourth-order valence-electron chi connectivity index (χ4n) is 2.04. The molecule has 0 atom stereocenters. The van der Waals surface area contributed by atoms with E-state index in [9.17, 15) is 13.2 Å². The van der Waals surface area contributed by atoms with Crippen LogP contribution < -0.4 is 5.32 Å². The molecule has 0 bridgehead atoms. The average molecular weight is 299 g/mol. The number of rotatable bonds is 3. The van der Waals surface area contributed by atoms with Gasteiger partial charge in [0.2, 0.25) is 5.95 Å². The van der Waals surface area contributed by atoms with Gasteiger partial charge in [0.25, 0.3) is 0 Å². The zero-order valence-corrected chi connectivity index (χ0v) is 12.2. The number of aromatic nitrogens is 4. The van der Waals surface area contributed by atoms with Crippen molar-refractivity contribution >= 4 is 11.6 Å². The lowest BCUT2D eigenvalue weighted by atomic mass is 10.3. The molecule has 0 saturated carbocycles. The molecule has 0 radical (unpaired) electrons. The third kappa shape index (κ3) is 3.14. The van der Waals surface area contributed by atoms with Crippen LogP contribution in [0.3, 0.4) is 0 Å². The van der Waals surface area contributed by atoms with Crippen LogP contribution in [0.2, 0.25) is 0 Å². The van der Waals surface area contributed by atoms with Gasteiger partial charge in [-0.2, -0.15) is 18.3 Å². The highest BCUT2D eigenvalue weighted by Crippen LogP contribution is 2.29. The molecular weight excluding hydrogens is 283 g/mol. The maximum absolute atomic E-state index is 12.6. The van der Waals surface area contributed by atoms with E-state index in [1.54, 1.807) is 11.6 Å². The van der Waals surface area contributed by atoms with Crippen LogP contribution in [0.5, 0.6) is 0 Å². The zero-order valence-electron chi connectivity index (χ0n) is 12.2. The van der Waals surface area contributed by atoms with E-state index in [0.29, 0.717) is 11.4 Å². The van der Waals surface area contributed by atoms with Gasteiger partial charge in [-0.15, -0.1) is 0 Å². The van der Waals surface area contributed by atoms with Crippen molar-refractivity contribution in [2.75, 3.05) is 5.32 Å². The smallest absolute Gasteiger partial charge is 0.321 e. The van der Waals surface area contributed by atoms with Crippen LogP contribution in [0.25, 0.3) is 0 Å². The average Bonchev–Trinajstić information content (AvgIpc) is 2.66. The molecule has 0 unspecified atom stereocenters. The Labute approximate surface area is 120 Å². The number of hydrogen-bond donors (Lipinski definition) is 1. The normalized spacial score (nSPS) is 12.0. The second kappa shape index (κ2) is 5.34. The Morgan fingerprint density at radius 1 is 1.24 bits per heavy atom. The molecule has 0 aliphatic carbocycles. The first-order valence-electron chi connectivity index (χ1n) is 6.43. The van der Waals surface area contributed by atoms with E-state index in [1.165, 1.54) is 0 Å². The van der Waals surface area contributed by atoms with Crippen molar-refractivity contribution in [2.24, 2.45) is 0 Å². The molecule has 0 saturated heterocycles. The van der Waals surface area contributed by atoms with E-state index in [2.05, 4.69) is 20.4 Å². The van der Waals surface area contributed by atoms with Crippen molar-refractivity contribution in [1.82, 2.24) is 19.7 Å². The molecule has 2 aromatic rings. The summed E-state index contributed by atoms with van der Waals surface area (Å²) < 4.78 is 39.7. The third-order valence-corrected chi connectivity index (χ3v) is 3.00. The molecule has 0 amide bonds. The minimum Gasteiger partial charge on any atom is -0.321 e. The van der Waals surface area contributed by atoms with Crippen molar-refractivity contribution < 1.29 is 13.2 Å². The van der Waals surface area contributed by atoms with Crippen LogP contribution in [0.15, 0.2) is 12.3 Å². The lowest BCUT2D eigenvalue weighted by Crippen LogP contribution is -2.10. The van der Waals surface area contributed by atoms with E-state index in [4.69, 9.17) is 0 Å². The lowest BCUT2D eigenvalue weighted by molar-refractivity contribution is -0.141. The maximum Gasteiger partial charge on any atom is 0.433 e. The third-order valence-electron chi connectivity index (χ3n) is 3.00. The van der Waals surface area contributed by atoms with Crippen molar-refractivity contribution in [2.45, 2.75) is 39.9 Å². The first kappa shape index (κ1) is 15.3. The lowest BCUT2D eigenvalue weighted by Gasteiger charge is -2.10. The van der Waals surface area contributed by atoms with E-state index >= 15 is 0 Å². The number of anilines is 2. The van der Waals surface area contributed by atoms with Crippen LogP contribution >= 0.6 is 0 Å². The molecule has 0 aliphatic heterocycles. The highest BCUT2D eigenvalue weighted by molar-refractivity contribution is 5.59. The quantitative estimate of drug-likeness (QED) is 0.940. The van der Waals surface area contributed by atoms with Gasteiger partial charge >= 0.3 is 6.18 Å². The Hall–Kier alpha value is -2.12. The minimum atomic E-state index is -4.49. The number of alkyl halides is 3. The minimum absolute atomic E-state index is 0.0978. The van der Waals surface area contributed by atoms with Gasteiger partial charge in [0.15, 0.2) is 0 Å². The predicted molar refractivity (Wildman–Crippen MR) is 72.4 cm³/mol. The highest BCUT2D eigenvalue weighted by Gasteiger charge is 2.32. The first-order chi connectivity index (χ1) is 9.70. The summed E-state index contributed by atoms with van der Waals surface area (Å²) in [6, 6.07) is 0.990. The van der Waals surface area contributed by atoms with Gasteiger partial charge < -0.3 is 5.32 Å². The largest absolute Gasteiger partial charge is 0.433 e. The second-order valence-electron chi connectivity index (χ2n) is 4.97. The Balaban J connectivity index is 2.35.